The molecule has 1 aromatic rings. The Morgan fingerprint density at radius 2 is 2.30 bits per heavy atom. The van der Waals surface area contributed by atoms with Crippen LogP contribution in [-0.4, -0.2) is 38.4 Å². The first kappa shape index (κ1) is 15.4. The van der Waals surface area contributed by atoms with Crippen molar-refractivity contribution in [2.45, 2.75) is 18.9 Å². The van der Waals surface area contributed by atoms with Crippen LogP contribution in [0.4, 0.5) is 4.39 Å². The Kier molecular flexibility index (Phi) is 5.94. The standard InChI is InChI=1S/C14H17BrFNO3/c15-11-4-3-10(12(16)8-11)2-1-5-17-14(18)13-9-19-6-7-20-13/h3-4,8,13H,1-2,5-7,9H2,(H,17,18). The number of ether oxygens (including phenoxy) is 2. The van der Waals surface area contributed by atoms with Crippen LogP contribution in [0.5, 0.6) is 0 Å². The Hall–Kier alpha value is -0.980. The molecule has 1 unspecified atom stereocenters. The third kappa shape index (κ3) is 4.54. The molecule has 1 aromatic carbocycles. The van der Waals surface area contributed by atoms with Crippen molar-refractivity contribution in [3.05, 3.63) is 34.1 Å². The SMILES string of the molecule is O=C(NCCCc1ccc(Br)cc1F)C1COCCO1. The molecule has 20 heavy (non-hydrogen) atoms. The molecule has 1 amide bonds. The van der Waals surface area contributed by atoms with Crippen molar-refractivity contribution in [1.82, 2.24) is 5.32 Å². The first-order valence-corrected chi connectivity index (χ1v) is 7.37. The summed E-state index contributed by atoms with van der Waals surface area (Å²) in [6.45, 7) is 1.77. The van der Waals surface area contributed by atoms with E-state index in [1.54, 1.807) is 6.07 Å². The van der Waals surface area contributed by atoms with Gasteiger partial charge >= 0.3 is 0 Å². The molecule has 0 aliphatic carbocycles. The Balaban J connectivity index is 1.69. The van der Waals surface area contributed by atoms with Gasteiger partial charge in [0.2, 0.25) is 0 Å². The van der Waals surface area contributed by atoms with E-state index < -0.39 is 6.10 Å². The molecule has 4 nitrogen and oxygen atoms in total. The Morgan fingerprint density at radius 3 is 3.00 bits per heavy atom. The number of amides is 1. The third-order valence-electron chi connectivity index (χ3n) is 3.05. The van der Waals surface area contributed by atoms with E-state index in [9.17, 15) is 9.18 Å². The van der Waals surface area contributed by atoms with Crippen LogP contribution in [0.1, 0.15) is 12.0 Å². The average molecular weight is 346 g/mol. The number of halogens is 2. The monoisotopic (exact) mass is 345 g/mol. The minimum absolute atomic E-state index is 0.166. The van der Waals surface area contributed by atoms with E-state index in [2.05, 4.69) is 21.2 Å². The van der Waals surface area contributed by atoms with E-state index in [1.807, 2.05) is 6.07 Å². The van der Waals surface area contributed by atoms with E-state index in [0.717, 1.165) is 4.47 Å². The van der Waals surface area contributed by atoms with Gasteiger partial charge in [0, 0.05) is 11.0 Å². The maximum absolute atomic E-state index is 13.6. The molecule has 110 valence electrons. The second-order valence-electron chi connectivity index (χ2n) is 4.56. The van der Waals surface area contributed by atoms with Crippen molar-refractivity contribution in [3.8, 4) is 0 Å². The molecule has 0 aromatic heterocycles. The highest BCUT2D eigenvalue weighted by Crippen LogP contribution is 2.16. The van der Waals surface area contributed by atoms with E-state index in [1.165, 1.54) is 6.07 Å². The second kappa shape index (κ2) is 7.71. The van der Waals surface area contributed by atoms with Gasteiger partial charge < -0.3 is 14.8 Å². The Labute approximate surface area is 125 Å². The number of benzene rings is 1. The molecule has 6 heteroatoms. The van der Waals surface area contributed by atoms with E-state index >= 15 is 0 Å². The minimum Gasteiger partial charge on any atom is -0.376 e. The van der Waals surface area contributed by atoms with E-state index in [4.69, 9.17) is 9.47 Å². The Morgan fingerprint density at radius 1 is 1.45 bits per heavy atom. The number of carbonyl (C=O) groups excluding carboxylic acids is 1. The molecule has 0 bridgehead atoms. The van der Waals surface area contributed by atoms with Crippen LogP contribution < -0.4 is 5.32 Å². The van der Waals surface area contributed by atoms with Gasteiger partial charge in [-0.05, 0) is 30.5 Å². The summed E-state index contributed by atoms with van der Waals surface area (Å²) >= 11 is 3.22. The highest BCUT2D eigenvalue weighted by Gasteiger charge is 2.21. The smallest absolute Gasteiger partial charge is 0.251 e. The first-order chi connectivity index (χ1) is 9.66. The molecule has 0 spiro atoms. The van der Waals surface area contributed by atoms with Gasteiger partial charge in [0.05, 0.1) is 19.8 Å². The Bertz CT molecular complexity index is 464. The van der Waals surface area contributed by atoms with E-state index in [0.29, 0.717) is 44.8 Å². The summed E-state index contributed by atoms with van der Waals surface area (Å²) in [6.07, 6.45) is 0.743. The van der Waals surface area contributed by atoms with Crippen molar-refractivity contribution in [1.29, 1.82) is 0 Å². The zero-order chi connectivity index (χ0) is 14.4. The van der Waals surface area contributed by atoms with Crippen LogP contribution in [-0.2, 0) is 20.7 Å². The topological polar surface area (TPSA) is 47.6 Å². The fraction of sp³-hybridized carbons (Fsp3) is 0.500. The predicted molar refractivity (Wildman–Crippen MR) is 76.0 cm³/mol. The molecule has 1 aliphatic heterocycles. The fourth-order valence-electron chi connectivity index (χ4n) is 1.97. The summed E-state index contributed by atoms with van der Waals surface area (Å²) in [5, 5.41) is 2.78. The van der Waals surface area contributed by atoms with Gasteiger partial charge in [0.15, 0.2) is 6.10 Å². The number of rotatable bonds is 5. The van der Waals surface area contributed by atoms with Crippen molar-refractivity contribution in [2.75, 3.05) is 26.4 Å². The van der Waals surface area contributed by atoms with Crippen LogP contribution in [0.2, 0.25) is 0 Å². The van der Waals surface area contributed by atoms with Gasteiger partial charge in [-0.2, -0.15) is 0 Å². The average Bonchev–Trinajstić information content (AvgIpc) is 2.46. The first-order valence-electron chi connectivity index (χ1n) is 6.58. The zero-order valence-electron chi connectivity index (χ0n) is 11.0. The van der Waals surface area contributed by atoms with Gasteiger partial charge in [-0.15, -0.1) is 0 Å². The summed E-state index contributed by atoms with van der Waals surface area (Å²) in [7, 11) is 0. The second-order valence-corrected chi connectivity index (χ2v) is 5.48. The summed E-state index contributed by atoms with van der Waals surface area (Å²) in [5.41, 5.74) is 0.652. The maximum atomic E-state index is 13.6. The molecule has 1 atom stereocenters. The molecule has 0 radical (unpaired) electrons. The summed E-state index contributed by atoms with van der Waals surface area (Å²) in [4.78, 5) is 11.7. The number of hydrogen-bond donors (Lipinski definition) is 1. The van der Waals surface area contributed by atoms with Crippen LogP contribution >= 0.6 is 15.9 Å². The van der Waals surface area contributed by atoms with Gasteiger partial charge in [-0.1, -0.05) is 22.0 Å². The van der Waals surface area contributed by atoms with Gasteiger partial charge in [-0.3, -0.25) is 4.79 Å². The van der Waals surface area contributed by atoms with Crippen LogP contribution in [0, 0.1) is 5.82 Å². The van der Waals surface area contributed by atoms with Crippen molar-refractivity contribution >= 4 is 21.8 Å². The van der Waals surface area contributed by atoms with Crippen LogP contribution in [0.25, 0.3) is 0 Å². The lowest BCUT2D eigenvalue weighted by molar-refractivity contribution is -0.147. The molecule has 2 rings (SSSR count). The zero-order valence-corrected chi connectivity index (χ0v) is 12.6. The van der Waals surface area contributed by atoms with Crippen LogP contribution in [0.15, 0.2) is 22.7 Å². The fourth-order valence-corrected chi connectivity index (χ4v) is 2.30. The molecule has 1 N–H and O–H groups in total. The van der Waals surface area contributed by atoms with Gasteiger partial charge in [0.1, 0.15) is 5.82 Å². The summed E-state index contributed by atoms with van der Waals surface area (Å²) in [6, 6.07) is 5.00. The number of nitrogens with one attached hydrogen (secondary N) is 1. The number of hydrogen-bond acceptors (Lipinski definition) is 3. The molecule has 1 heterocycles. The van der Waals surface area contributed by atoms with Crippen molar-refractivity contribution in [2.24, 2.45) is 0 Å². The number of aryl methyl sites for hydroxylation is 1. The summed E-state index contributed by atoms with van der Waals surface area (Å²) in [5.74, 6) is -0.393. The lowest BCUT2D eigenvalue weighted by Gasteiger charge is -2.22. The highest BCUT2D eigenvalue weighted by atomic mass is 79.9. The van der Waals surface area contributed by atoms with Crippen molar-refractivity contribution < 1.29 is 18.7 Å². The third-order valence-corrected chi connectivity index (χ3v) is 3.54. The van der Waals surface area contributed by atoms with E-state index in [-0.39, 0.29) is 11.7 Å². The van der Waals surface area contributed by atoms with Crippen LogP contribution in [0.3, 0.4) is 0 Å². The molecular formula is C14H17BrFNO3. The molecule has 1 saturated heterocycles. The highest BCUT2D eigenvalue weighted by molar-refractivity contribution is 9.10. The minimum atomic E-state index is -0.520. The molecule has 1 fully saturated rings. The largest absolute Gasteiger partial charge is 0.376 e. The number of carbonyl (C=O) groups is 1. The molecule has 0 saturated carbocycles. The summed E-state index contributed by atoms with van der Waals surface area (Å²) < 4.78 is 24.7. The maximum Gasteiger partial charge on any atom is 0.251 e. The van der Waals surface area contributed by atoms with Crippen molar-refractivity contribution in [3.63, 3.8) is 0 Å². The predicted octanol–water partition coefficient (Wildman–Crippen LogP) is 2.05. The lowest BCUT2D eigenvalue weighted by Crippen LogP contribution is -2.43. The lowest BCUT2D eigenvalue weighted by atomic mass is 10.1. The van der Waals surface area contributed by atoms with Gasteiger partial charge in [0.25, 0.3) is 5.91 Å². The quantitative estimate of drug-likeness (QED) is 0.831. The molecular weight excluding hydrogens is 329 g/mol. The van der Waals surface area contributed by atoms with Gasteiger partial charge in [-0.25, -0.2) is 4.39 Å². The normalized spacial score (nSPS) is 18.8. The molecule has 1 aliphatic rings.